The zero-order valence-corrected chi connectivity index (χ0v) is 8.89. The average molecular weight is 203 g/mol. The second-order valence-electron chi connectivity index (χ2n) is 4.51. The number of piperidine rings is 1. The molecular formula is C12H17N3. The summed E-state index contributed by atoms with van der Waals surface area (Å²) in [5, 5.41) is 3.49. The third-order valence-corrected chi connectivity index (χ3v) is 3.69. The van der Waals surface area contributed by atoms with Gasteiger partial charge in [-0.3, -0.25) is 4.98 Å². The van der Waals surface area contributed by atoms with Crippen LogP contribution in [-0.4, -0.2) is 30.7 Å². The molecule has 0 aliphatic carbocycles. The molecule has 2 atom stereocenters. The highest BCUT2D eigenvalue weighted by atomic mass is 15.2. The average Bonchev–Trinajstić information content (AvgIpc) is 2.74. The lowest BCUT2D eigenvalue weighted by Gasteiger charge is -2.33. The van der Waals surface area contributed by atoms with Crippen LogP contribution < -0.4 is 10.2 Å². The molecule has 0 radical (unpaired) electrons. The second kappa shape index (κ2) is 3.81. The van der Waals surface area contributed by atoms with Gasteiger partial charge in [-0.25, -0.2) is 0 Å². The first kappa shape index (κ1) is 9.16. The smallest absolute Gasteiger partial charge is 0.0555 e. The van der Waals surface area contributed by atoms with E-state index < -0.39 is 0 Å². The number of nitrogens with zero attached hydrogens (tertiary/aromatic N) is 2. The number of hydrogen-bond donors (Lipinski definition) is 1. The number of anilines is 1. The van der Waals surface area contributed by atoms with E-state index in [1.165, 1.54) is 31.6 Å². The summed E-state index contributed by atoms with van der Waals surface area (Å²) >= 11 is 0. The van der Waals surface area contributed by atoms with Crippen LogP contribution in [0.2, 0.25) is 0 Å². The predicted octanol–water partition coefficient (Wildman–Crippen LogP) is 1.27. The van der Waals surface area contributed by atoms with Crippen LogP contribution in [0.3, 0.4) is 0 Å². The minimum atomic E-state index is 0.746. The first-order valence-electron chi connectivity index (χ1n) is 5.82. The number of nitrogens with one attached hydrogen (secondary N) is 1. The molecule has 3 rings (SSSR count). The van der Waals surface area contributed by atoms with Crippen molar-refractivity contribution in [1.82, 2.24) is 10.3 Å². The summed E-state index contributed by atoms with van der Waals surface area (Å²) in [6.07, 6.45) is 6.44. The SMILES string of the molecule is c1cncc(N2CC[C@@H]3CNCC[C@@H]32)c1. The molecule has 2 saturated heterocycles. The van der Waals surface area contributed by atoms with Gasteiger partial charge in [-0.15, -0.1) is 0 Å². The van der Waals surface area contributed by atoms with E-state index in [-0.39, 0.29) is 0 Å². The normalized spacial score (nSPS) is 30.3. The fourth-order valence-electron chi connectivity index (χ4n) is 2.93. The molecule has 1 aromatic heterocycles. The molecule has 0 bridgehead atoms. The Balaban J connectivity index is 1.82. The Kier molecular flexibility index (Phi) is 2.33. The van der Waals surface area contributed by atoms with Crippen molar-refractivity contribution in [2.75, 3.05) is 24.5 Å². The monoisotopic (exact) mass is 203 g/mol. The molecule has 3 heterocycles. The lowest BCUT2D eigenvalue weighted by molar-refractivity contribution is 0.361. The van der Waals surface area contributed by atoms with Crippen molar-refractivity contribution in [2.24, 2.45) is 5.92 Å². The zero-order valence-electron chi connectivity index (χ0n) is 8.89. The third kappa shape index (κ3) is 1.61. The number of fused-ring (bicyclic) bond motifs is 1. The van der Waals surface area contributed by atoms with Crippen LogP contribution >= 0.6 is 0 Å². The Morgan fingerprint density at radius 2 is 2.40 bits per heavy atom. The molecule has 2 aliphatic heterocycles. The van der Waals surface area contributed by atoms with E-state index in [2.05, 4.69) is 21.3 Å². The van der Waals surface area contributed by atoms with E-state index in [1.807, 2.05) is 18.5 Å². The molecule has 2 fully saturated rings. The van der Waals surface area contributed by atoms with Gasteiger partial charge in [0.05, 0.1) is 11.9 Å². The molecule has 1 aromatic rings. The highest BCUT2D eigenvalue weighted by Gasteiger charge is 2.35. The van der Waals surface area contributed by atoms with Crippen LogP contribution in [0.25, 0.3) is 0 Å². The Morgan fingerprint density at radius 3 is 3.27 bits per heavy atom. The molecule has 0 spiro atoms. The summed E-state index contributed by atoms with van der Waals surface area (Å²) < 4.78 is 0. The zero-order chi connectivity index (χ0) is 10.1. The van der Waals surface area contributed by atoms with E-state index in [9.17, 15) is 0 Å². The quantitative estimate of drug-likeness (QED) is 0.745. The highest BCUT2D eigenvalue weighted by Crippen LogP contribution is 2.32. The van der Waals surface area contributed by atoms with Crippen LogP contribution in [0.15, 0.2) is 24.5 Å². The fourth-order valence-corrected chi connectivity index (χ4v) is 2.93. The summed E-state index contributed by atoms with van der Waals surface area (Å²) in [5.41, 5.74) is 1.30. The van der Waals surface area contributed by atoms with E-state index in [0.29, 0.717) is 0 Å². The lowest BCUT2D eigenvalue weighted by Crippen LogP contribution is -2.43. The predicted molar refractivity (Wildman–Crippen MR) is 61.0 cm³/mol. The summed E-state index contributed by atoms with van der Waals surface area (Å²) in [6, 6.07) is 4.96. The van der Waals surface area contributed by atoms with E-state index >= 15 is 0 Å². The number of aromatic nitrogens is 1. The maximum absolute atomic E-state index is 4.21. The number of pyridine rings is 1. The van der Waals surface area contributed by atoms with Crippen molar-refractivity contribution in [3.8, 4) is 0 Å². The Labute approximate surface area is 90.5 Å². The largest absolute Gasteiger partial charge is 0.367 e. The summed E-state index contributed by atoms with van der Waals surface area (Å²) in [6.45, 7) is 3.56. The summed E-state index contributed by atoms with van der Waals surface area (Å²) in [5.74, 6) is 0.846. The van der Waals surface area contributed by atoms with E-state index in [4.69, 9.17) is 0 Å². The molecule has 2 aliphatic rings. The van der Waals surface area contributed by atoms with Gasteiger partial charge in [-0.1, -0.05) is 0 Å². The lowest BCUT2D eigenvalue weighted by atomic mass is 9.94. The van der Waals surface area contributed by atoms with Gasteiger partial charge in [0.1, 0.15) is 0 Å². The summed E-state index contributed by atoms with van der Waals surface area (Å²) in [7, 11) is 0. The second-order valence-corrected chi connectivity index (χ2v) is 4.51. The van der Waals surface area contributed by atoms with Crippen LogP contribution in [0.4, 0.5) is 5.69 Å². The van der Waals surface area contributed by atoms with Gasteiger partial charge in [0.15, 0.2) is 0 Å². The van der Waals surface area contributed by atoms with E-state index in [1.54, 1.807) is 0 Å². The Morgan fingerprint density at radius 1 is 1.40 bits per heavy atom. The van der Waals surface area contributed by atoms with Gasteiger partial charge in [-0.2, -0.15) is 0 Å². The van der Waals surface area contributed by atoms with Crippen LogP contribution in [0.1, 0.15) is 12.8 Å². The van der Waals surface area contributed by atoms with Crippen molar-refractivity contribution in [2.45, 2.75) is 18.9 Å². The Hall–Kier alpha value is -1.09. The molecule has 0 aromatic carbocycles. The van der Waals surface area contributed by atoms with Crippen molar-refractivity contribution in [3.05, 3.63) is 24.5 Å². The molecule has 80 valence electrons. The van der Waals surface area contributed by atoms with Gasteiger partial charge in [-0.05, 0) is 44.0 Å². The molecule has 15 heavy (non-hydrogen) atoms. The van der Waals surface area contributed by atoms with Gasteiger partial charge in [0.25, 0.3) is 0 Å². The number of rotatable bonds is 1. The summed E-state index contributed by atoms with van der Waals surface area (Å²) in [4.78, 5) is 6.75. The molecule has 1 N–H and O–H groups in total. The minimum absolute atomic E-state index is 0.746. The Bertz CT molecular complexity index is 325. The van der Waals surface area contributed by atoms with Gasteiger partial charge in [0.2, 0.25) is 0 Å². The first-order valence-corrected chi connectivity index (χ1v) is 5.82. The number of hydrogen-bond acceptors (Lipinski definition) is 3. The molecule has 0 unspecified atom stereocenters. The first-order chi connectivity index (χ1) is 7.45. The molecule has 0 saturated carbocycles. The highest BCUT2D eigenvalue weighted by molar-refractivity contribution is 5.46. The van der Waals surface area contributed by atoms with Crippen molar-refractivity contribution < 1.29 is 0 Å². The van der Waals surface area contributed by atoms with Gasteiger partial charge >= 0.3 is 0 Å². The topological polar surface area (TPSA) is 28.2 Å². The van der Waals surface area contributed by atoms with Crippen molar-refractivity contribution in [1.29, 1.82) is 0 Å². The fraction of sp³-hybridized carbons (Fsp3) is 0.583. The molecule has 0 amide bonds. The van der Waals surface area contributed by atoms with Crippen LogP contribution in [0, 0.1) is 5.92 Å². The van der Waals surface area contributed by atoms with Gasteiger partial charge < -0.3 is 10.2 Å². The van der Waals surface area contributed by atoms with Crippen molar-refractivity contribution >= 4 is 5.69 Å². The van der Waals surface area contributed by atoms with Crippen LogP contribution in [0.5, 0.6) is 0 Å². The maximum Gasteiger partial charge on any atom is 0.0555 e. The molecular weight excluding hydrogens is 186 g/mol. The standard InChI is InChI=1S/C12H17N3/c1-2-11(9-13-5-1)15-7-4-10-8-14-6-3-12(10)15/h1-2,5,9-10,12,14H,3-4,6-8H2/t10-,12+/m1/s1. The molecule has 3 nitrogen and oxygen atoms in total. The maximum atomic E-state index is 4.21. The van der Waals surface area contributed by atoms with Gasteiger partial charge in [0, 0.05) is 18.8 Å². The minimum Gasteiger partial charge on any atom is -0.367 e. The van der Waals surface area contributed by atoms with Crippen molar-refractivity contribution in [3.63, 3.8) is 0 Å². The molecule has 3 heteroatoms. The van der Waals surface area contributed by atoms with E-state index in [0.717, 1.165) is 18.5 Å². The van der Waals surface area contributed by atoms with Crippen LogP contribution in [-0.2, 0) is 0 Å². The third-order valence-electron chi connectivity index (χ3n) is 3.69.